The molecule has 2 N–H and O–H groups in total. The summed E-state index contributed by atoms with van der Waals surface area (Å²) in [5.41, 5.74) is 0.594. The van der Waals surface area contributed by atoms with Gasteiger partial charge < -0.3 is 5.32 Å². The van der Waals surface area contributed by atoms with Crippen molar-refractivity contribution in [3.8, 4) is 0 Å². The van der Waals surface area contributed by atoms with Crippen LogP contribution in [-0.4, -0.2) is 29.3 Å². The Morgan fingerprint density at radius 1 is 1.17 bits per heavy atom. The van der Waals surface area contributed by atoms with Gasteiger partial charge in [0.05, 0.1) is 6.54 Å². The Bertz CT molecular complexity index is 502. The zero-order chi connectivity index (χ0) is 13.0. The standard InChI is InChI=1S/C11H10IN3O2S/c12-7-1-3-8(4-2-7)14-9(16)10(17)15-11-13-5-6-18-11/h1-4H,5-6H2,(H,14,16)(H,13,15,17). The third-order valence-electron chi connectivity index (χ3n) is 2.11. The second-order valence-corrected chi connectivity index (χ2v) is 5.78. The first-order chi connectivity index (χ1) is 8.65. The second-order valence-electron chi connectivity index (χ2n) is 3.45. The van der Waals surface area contributed by atoms with E-state index in [1.165, 1.54) is 11.8 Å². The van der Waals surface area contributed by atoms with Gasteiger partial charge in [-0.25, -0.2) is 0 Å². The van der Waals surface area contributed by atoms with Crippen LogP contribution < -0.4 is 10.6 Å². The van der Waals surface area contributed by atoms with E-state index >= 15 is 0 Å². The van der Waals surface area contributed by atoms with Crippen LogP contribution in [0.5, 0.6) is 0 Å². The molecule has 0 radical (unpaired) electrons. The van der Waals surface area contributed by atoms with Gasteiger partial charge in [0, 0.05) is 15.0 Å². The lowest BCUT2D eigenvalue weighted by molar-refractivity contribution is -0.135. The van der Waals surface area contributed by atoms with Gasteiger partial charge in [0.15, 0.2) is 5.17 Å². The van der Waals surface area contributed by atoms with Crippen molar-refractivity contribution in [3.63, 3.8) is 0 Å². The molecule has 0 atom stereocenters. The smallest absolute Gasteiger partial charge is 0.315 e. The fourth-order valence-corrected chi connectivity index (χ4v) is 2.37. The van der Waals surface area contributed by atoms with Gasteiger partial charge in [-0.3, -0.25) is 19.9 Å². The Morgan fingerprint density at radius 2 is 1.83 bits per heavy atom. The first kappa shape index (κ1) is 13.3. The molecule has 5 nitrogen and oxygen atoms in total. The minimum atomic E-state index is -0.693. The summed E-state index contributed by atoms with van der Waals surface area (Å²) in [6.07, 6.45) is 0. The molecule has 1 heterocycles. The highest BCUT2D eigenvalue weighted by atomic mass is 127. The van der Waals surface area contributed by atoms with E-state index < -0.39 is 11.8 Å². The molecule has 2 amide bonds. The molecule has 0 saturated carbocycles. The Labute approximate surface area is 122 Å². The molecule has 0 spiro atoms. The van der Waals surface area contributed by atoms with Crippen LogP contribution >= 0.6 is 34.4 Å². The van der Waals surface area contributed by atoms with Crippen LogP contribution in [0.15, 0.2) is 29.3 Å². The number of amides is 2. The summed E-state index contributed by atoms with van der Waals surface area (Å²) in [5.74, 6) is -0.540. The maximum absolute atomic E-state index is 11.6. The number of benzene rings is 1. The number of amidine groups is 1. The Morgan fingerprint density at radius 3 is 2.44 bits per heavy atom. The van der Waals surface area contributed by atoms with E-state index in [0.717, 1.165) is 9.32 Å². The predicted molar refractivity (Wildman–Crippen MR) is 80.7 cm³/mol. The van der Waals surface area contributed by atoms with Crippen LogP contribution in [0, 0.1) is 3.57 Å². The van der Waals surface area contributed by atoms with Gasteiger partial charge in [0.1, 0.15) is 0 Å². The molecule has 1 aromatic carbocycles. The number of rotatable bonds is 1. The first-order valence-electron chi connectivity index (χ1n) is 5.20. The van der Waals surface area contributed by atoms with E-state index in [0.29, 0.717) is 17.4 Å². The first-order valence-corrected chi connectivity index (χ1v) is 7.27. The summed E-state index contributed by atoms with van der Waals surface area (Å²) >= 11 is 3.60. The molecule has 1 aromatic rings. The number of nitrogens with one attached hydrogen (secondary N) is 2. The van der Waals surface area contributed by atoms with Crippen molar-refractivity contribution in [2.45, 2.75) is 0 Å². The number of aliphatic imine (C=N–C) groups is 1. The fraction of sp³-hybridized carbons (Fsp3) is 0.182. The highest BCUT2D eigenvalue weighted by Gasteiger charge is 2.17. The number of carbonyl (C=O) groups is 2. The molecule has 0 bridgehead atoms. The van der Waals surface area contributed by atoms with Crippen molar-refractivity contribution in [3.05, 3.63) is 27.8 Å². The highest BCUT2D eigenvalue weighted by Crippen LogP contribution is 2.11. The third kappa shape index (κ3) is 3.70. The van der Waals surface area contributed by atoms with E-state index in [9.17, 15) is 9.59 Å². The summed E-state index contributed by atoms with van der Waals surface area (Å²) in [6, 6.07) is 7.19. The Hall–Kier alpha value is -1.09. The largest absolute Gasteiger partial charge is 0.318 e. The number of thioether (sulfide) groups is 1. The average molecular weight is 375 g/mol. The maximum Gasteiger partial charge on any atom is 0.315 e. The lowest BCUT2D eigenvalue weighted by atomic mass is 10.3. The van der Waals surface area contributed by atoms with Crippen LogP contribution in [0.3, 0.4) is 0 Å². The van der Waals surface area contributed by atoms with Crippen molar-refractivity contribution in [2.24, 2.45) is 4.99 Å². The van der Waals surface area contributed by atoms with Crippen LogP contribution in [0.2, 0.25) is 0 Å². The molecule has 94 valence electrons. The third-order valence-corrected chi connectivity index (χ3v) is 3.72. The zero-order valence-electron chi connectivity index (χ0n) is 9.27. The fourth-order valence-electron chi connectivity index (χ4n) is 1.29. The number of nitrogens with zero attached hydrogens (tertiary/aromatic N) is 1. The normalized spacial score (nSPS) is 13.9. The van der Waals surface area contributed by atoms with E-state index in [-0.39, 0.29) is 0 Å². The van der Waals surface area contributed by atoms with Gasteiger partial charge in [0.25, 0.3) is 0 Å². The monoisotopic (exact) mass is 375 g/mol. The van der Waals surface area contributed by atoms with E-state index in [1.54, 1.807) is 12.1 Å². The number of hydrogen-bond donors (Lipinski definition) is 2. The minimum absolute atomic E-state index is 0.512. The van der Waals surface area contributed by atoms with Gasteiger partial charge in [-0.15, -0.1) is 0 Å². The van der Waals surface area contributed by atoms with Crippen molar-refractivity contribution in [1.82, 2.24) is 5.32 Å². The summed E-state index contributed by atoms with van der Waals surface area (Å²) < 4.78 is 1.06. The average Bonchev–Trinajstić information content (AvgIpc) is 2.85. The van der Waals surface area contributed by atoms with Crippen LogP contribution in [0.1, 0.15) is 0 Å². The predicted octanol–water partition coefficient (Wildman–Crippen LogP) is 1.45. The zero-order valence-corrected chi connectivity index (χ0v) is 12.2. The quantitative estimate of drug-likeness (QED) is 0.577. The second kappa shape index (κ2) is 6.19. The van der Waals surface area contributed by atoms with Crippen molar-refractivity contribution in [1.29, 1.82) is 0 Å². The van der Waals surface area contributed by atoms with E-state index in [4.69, 9.17) is 0 Å². The van der Waals surface area contributed by atoms with Gasteiger partial charge in [-0.1, -0.05) is 11.8 Å². The molecular weight excluding hydrogens is 365 g/mol. The molecule has 0 saturated heterocycles. The van der Waals surface area contributed by atoms with Crippen LogP contribution in [0.25, 0.3) is 0 Å². The lowest BCUT2D eigenvalue weighted by Crippen LogP contribution is -2.37. The van der Waals surface area contributed by atoms with E-state index in [2.05, 4.69) is 38.2 Å². The van der Waals surface area contributed by atoms with Gasteiger partial charge >= 0.3 is 11.8 Å². The molecule has 2 rings (SSSR count). The minimum Gasteiger partial charge on any atom is -0.318 e. The summed E-state index contributed by atoms with van der Waals surface area (Å²) in [7, 11) is 0. The molecule has 0 aliphatic carbocycles. The topological polar surface area (TPSA) is 70.6 Å². The van der Waals surface area contributed by atoms with Crippen LogP contribution in [0.4, 0.5) is 5.69 Å². The van der Waals surface area contributed by atoms with Gasteiger partial charge in [-0.05, 0) is 46.9 Å². The van der Waals surface area contributed by atoms with E-state index in [1.807, 2.05) is 12.1 Å². The molecule has 7 heteroatoms. The van der Waals surface area contributed by atoms with Crippen molar-refractivity contribution >= 4 is 57.0 Å². The number of carbonyl (C=O) groups excluding carboxylic acids is 2. The van der Waals surface area contributed by atoms with Crippen molar-refractivity contribution < 1.29 is 9.59 Å². The number of anilines is 1. The molecule has 1 aliphatic rings. The molecule has 0 fully saturated rings. The summed E-state index contributed by atoms with van der Waals surface area (Å²) in [6.45, 7) is 0.680. The lowest BCUT2D eigenvalue weighted by Gasteiger charge is -2.05. The highest BCUT2D eigenvalue weighted by molar-refractivity contribution is 14.1. The van der Waals surface area contributed by atoms with Gasteiger partial charge in [-0.2, -0.15) is 0 Å². The number of hydrogen-bond acceptors (Lipinski definition) is 4. The summed E-state index contributed by atoms with van der Waals surface area (Å²) in [4.78, 5) is 27.2. The molecule has 0 unspecified atom stereocenters. The molecular formula is C11H10IN3O2S. The molecule has 1 aliphatic heterocycles. The maximum atomic E-state index is 11.6. The Kier molecular flexibility index (Phi) is 4.59. The van der Waals surface area contributed by atoms with Crippen LogP contribution in [-0.2, 0) is 9.59 Å². The molecule has 0 aromatic heterocycles. The number of halogens is 1. The summed E-state index contributed by atoms with van der Waals surface area (Å²) in [5, 5.41) is 5.51. The molecule has 18 heavy (non-hydrogen) atoms. The Balaban J connectivity index is 1.90. The van der Waals surface area contributed by atoms with Gasteiger partial charge in [0.2, 0.25) is 0 Å². The SMILES string of the molecule is O=C(NC1=NCCS1)C(=O)Nc1ccc(I)cc1. The van der Waals surface area contributed by atoms with Crippen molar-refractivity contribution in [2.75, 3.05) is 17.6 Å².